The Kier molecular flexibility index (Phi) is 9.26. The highest BCUT2D eigenvalue weighted by Crippen LogP contribution is 2.29. The molecule has 1 aromatic heterocycles. The summed E-state index contributed by atoms with van der Waals surface area (Å²) in [5.74, 6) is -0.208. The van der Waals surface area contributed by atoms with Crippen molar-refractivity contribution in [2.45, 2.75) is 39.8 Å². The number of para-hydroxylation sites is 1. The molecule has 5 rings (SSSR count). The van der Waals surface area contributed by atoms with E-state index in [2.05, 4.69) is 37.1 Å². The lowest BCUT2D eigenvalue weighted by atomic mass is 9.99. The van der Waals surface area contributed by atoms with Gasteiger partial charge in [-0.2, -0.15) is 0 Å². The average Bonchev–Trinajstić information content (AvgIpc) is 3.01. The number of nitrogens with zero attached hydrogens (tertiary/aromatic N) is 5. The van der Waals surface area contributed by atoms with Crippen molar-refractivity contribution in [3.8, 4) is 11.4 Å². The maximum absolute atomic E-state index is 13.5. The van der Waals surface area contributed by atoms with Crippen molar-refractivity contribution in [2.24, 2.45) is 5.92 Å². The Morgan fingerprint density at radius 3 is 2.28 bits per heavy atom. The summed E-state index contributed by atoms with van der Waals surface area (Å²) in [7, 11) is 0. The van der Waals surface area contributed by atoms with Crippen molar-refractivity contribution < 1.29 is 14.4 Å². The molecule has 0 spiro atoms. The van der Waals surface area contributed by atoms with E-state index in [1.807, 2.05) is 78.9 Å². The second-order valence-electron chi connectivity index (χ2n) is 10.5. The van der Waals surface area contributed by atoms with Gasteiger partial charge in [-0.1, -0.05) is 85.8 Å². The van der Waals surface area contributed by atoms with Crippen LogP contribution < -0.4 is 15.5 Å². The van der Waals surface area contributed by atoms with E-state index < -0.39 is 5.92 Å². The van der Waals surface area contributed by atoms with Gasteiger partial charge >= 0.3 is 0 Å². The van der Waals surface area contributed by atoms with E-state index in [1.54, 1.807) is 18.7 Å². The van der Waals surface area contributed by atoms with Crippen molar-refractivity contribution in [1.82, 2.24) is 31.0 Å². The van der Waals surface area contributed by atoms with E-state index in [4.69, 9.17) is 0 Å². The monoisotopic (exact) mass is 575 g/mol. The number of rotatable bonds is 9. The van der Waals surface area contributed by atoms with Crippen LogP contribution in [-0.2, 0) is 27.5 Å². The molecular weight excluding hydrogens is 542 g/mol. The Balaban J connectivity index is 1.09. The normalized spacial score (nSPS) is 12.7. The van der Waals surface area contributed by atoms with Gasteiger partial charge in [-0.05, 0) is 35.2 Å². The van der Waals surface area contributed by atoms with Crippen LogP contribution in [0.3, 0.4) is 0 Å². The molecule has 0 bridgehead atoms. The second-order valence-corrected chi connectivity index (χ2v) is 10.5. The number of hydrogen-bond acceptors (Lipinski definition) is 7. The molecule has 10 nitrogen and oxygen atoms in total. The van der Waals surface area contributed by atoms with Gasteiger partial charge in [0.25, 0.3) is 0 Å². The first-order valence-corrected chi connectivity index (χ1v) is 14.2. The highest BCUT2D eigenvalue weighted by Gasteiger charge is 2.25. The summed E-state index contributed by atoms with van der Waals surface area (Å²) in [6, 6.07) is 23.2. The van der Waals surface area contributed by atoms with Crippen molar-refractivity contribution in [1.29, 1.82) is 0 Å². The Morgan fingerprint density at radius 1 is 0.837 bits per heavy atom. The van der Waals surface area contributed by atoms with Crippen LogP contribution in [-0.4, -0.2) is 44.7 Å². The average molecular weight is 576 g/mol. The molecule has 4 aromatic rings. The maximum Gasteiger partial charge on any atom is 0.228 e. The summed E-state index contributed by atoms with van der Waals surface area (Å²) in [6.45, 7) is 4.39. The Hall–Kier alpha value is -5.25. The Labute approximate surface area is 250 Å². The lowest BCUT2D eigenvalue weighted by molar-refractivity contribution is -0.129. The summed E-state index contributed by atoms with van der Waals surface area (Å²) in [4.78, 5) is 40.5. The van der Waals surface area contributed by atoms with Crippen LogP contribution in [0.4, 0.5) is 5.69 Å². The zero-order valence-electron chi connectivity index (χ0n) is 24.2. The summed E-state index contributed by atoms with van der Waals surface area (Å²) in [6.07, 6.45) is 4.25. The fraction of sp³-hybridized carbons (Fsp3) is 0.242. The van der Waals surface area contributed by atoms with Gasteiger partial charge in [0.1, 0.15) is 0 Å². The molecule has 2 heterocycles. The van der Waals surface area contributed by atoms with Crippen LogP contribution in [0.1, 0.15) is 47.8 Å². The SMILES string of the molecule is Cc1nnc(-c2ccc(CNC(=O)CCNC(=O)C(C)CC(=O)N3Cc4ccccc4C=Cc4ccccc43)cc2)nn1. The zero-order chi connectivity index (χ0) is 30.2. The van der Waals surface area contributed by atoms with Gasteiger partial charge < -0.3 is 15.5 Å². The topological polar surface area (TPSA) is 130 Å². The predicted octanol–water partition coefficient (Wildman–Crippen LogP) is 4.11. The quantitative estimate of drug-likeness (QED) is 0.307. The van der Waals surface area contributed by atoms with Gasteiger partial charge in [-0.15, -0.1) is 20.4 Å². The predicted molar refractivity (Wildman–Crippen MR) is 164 cm³/mol. The molecular formula is C33H33N7O3. The van der Waals surface area contributed by atoms with E-state index >= 15 is 0 Å². The Morgan fingerprint density at radius 2 is 1.51 bits per heavy atom. The number of hydrogen-bond donors (Lipinski definition) is 2. The molecule has 10 heteroatoms. The second kappa shape index (κ2) is 13.6. The number of aromatic nitrogens is 4. The first kappa shape index (κ1) is 29.2. The smallest absolute Gasteiger partial charge is 0.228 e. The molecule has 0 radical (unpaired) electrons. The summed E-state index contributed by atoms with van der Waals surface area (Å²) < 4.78 is 0. The fourth-order valence-electron chi connectivity index (χ4n) is 4.77. The van der Waals surface area contributed by atoms with Crippen LogP contribution in [0.15, 0.2) is 72.8 Å². The third-order valence-corrected chi connectivity index (χ3v) is 7.21. The molecule has 0 saturated heterocycles. The van der Waals surface area contributed by atoms with Gasteiger partial charge in [0.05, 0.1) is 12.2 Å². The lowest BCUT2D eigenvalue weighted by Crippen LogP contribution is -2.37. The van der Waals surface area contributed by atoms with Crippen molar-refractivity contribution in [3.05, 3.63) is 101 Å². The van der Waals surface area contributed by atoms with Gasteiger partial charge in [0.2, 0.25) is 23.5 Å². The minimum Gasteiger partial charge on any atom is -0.355 e. The number of benzene rings is 3. The summed E-state index contributed by atoms with van der Waals surface area (Å²) >= 11 is 0. The number of carbonyl (C=O) groups excluding carboxylic acids is 3. The molecule has 1 aliphatic heterocycles. The first-order valence-electron chi connectivity index (χ1n) is 14.2. The van der Waals surface area contributed by atoms with Crippen molar-refractivity contribution in [2.75, 3.05) is 11.4 Å². The third kappa shape index (κ3) is 7.53. The minimum absolute atomic E-state index is 0.0496. The molecule has 0 aliphatic carbocycles. The lowest BCUT2D eigenvalue weighted by Gasteiger charge is -2.28. The third-order valence-electron chi connectivity index (χ3n) is 7.21. The van der Waals surface area contributed by atoms with E-state index in [1.165, 1.54) is 0 Å². The first-order chi connectivity index (χ1) is 20.9. The highest BCUT2D eigenvalue weighted by atomic mass is 16.2. The summed E-state index contributed by atoms with van der Waals surface area (Å²) in [5, 5.41) is 21.5. The molecule has 0 fully saturated rings. The van der Waals surface area contributed by atoms with Crippen LogP contribution in [0.25, 0.3) is 23.5 Å². The number of anilines is 1. The van der Waals surface area contributed by atoms with Crippen molar-refractivity contribution in [3.63, 3.8) is 0 Å². The van der Waals surface area contributed by atoms with Crippen LogP contribution in [0, 0.1) is 12.8 Å². The highest BCUT2D eigenvalue weighted by molar-refractivity contribution is 5.99. The zero-order valence-corrected chi connectivity index (χ0v) is 24.2. The molecule has 2 N–H and O–H groups in total. The number of fused-ring (bicyclic) bond motifs is 2. The van der Waals surface area contributed by atoms with Gasteiger partial charge in [-0.25, -0.2) is 0 Å². The van der Waals surface area contributed by atoms with E-state index in [0.29, 0.717) is 24.7 Å². The molecule has 43 heavy (non-hydrogen) atoms. The molecule has 3 amide bonds. The molecule has 0 saturated carbocycles. The molecule has 3 aromatic carbocycles. The number of carbonyl (C=O) groups is 3. The number of nitrogens with one attached hydrogen (secondary N) is 2. The van der Waals surface area contributed by atoms with E-state index in [0.717, 1.165) is 33.5 Å². The van der Waals surface area contributed by atoms with Crippen molar-refractivity contribution >= 4 is 35.6 Å². The number of aryl methyl sites for hydroxylation is 1. The summed E-state index contributed by atoms with van der Waals surface area (Å²) in [5.41, 5.74) is 5.54. The van der Waals surface area contributed by atoms with Gasteiger partial charge in [-0.3, -0.25) is 14.4 Å². The maximum atomic E-state index is 13.5. The fourth-order valence-corrected chi connectivity index (χ4v) is 4.77. The van der Waals surface area contributed by atoms with E-state index in [9.17, 15) is 14.4 Å². The molecule has 1 atom stereocenters. The number of amides is 3. The Bertz CT molecular complexity index is 1640. The van der Waals surface area contributed by atoms with Crippen LogP contribution in [0.2, 0.25) is 0 Å². The van der Waals surface area contributed by atoms with Crippen LogP contribution in [0.5, 0.6) is 0 Å². The standard InChI is InChI=1S/C33H33N7O3/c1-22(19-31(42)40-21-28-9-4-3-7-25(28)15-16-26-8-5-6-10-29(26)40)33(43)34-18-17-30(41)35-20-24-11-13-27(14-12-24)32-38-36-23(2)37-39-32/h3-16,22H,17-21H2,1-2H3,(H,34,43)(H,35,41). The largest absolute Gasteiger partial charge is 0.355 e. The van der Waals surface area contributed by atoms with E-state index in [-0.39, 0.29) is 37.1 Å². The minimum atomic E-state index is -0.555. The van der Waals surface area contributed by atoms with Gasteiger partial charge in [0.15, 0.2) is 5.82 Å². The van der Waals surface area contributed by atoms with Gasteiger partial charge in [0, 0.05) is 37.4 Å². The molecule has 1 unspecified atom stereocenters. The molecule has 218 valence electrons. The molecule has 1 aliphatic rings. The van der Waals surface area contributed by atoms with Crippen LogP contribution >= 0.6 is 0 Å².